The molecule has 0 aromatic rings. The van der Waals surface area contributed by atoms with Crippen molar-refractivity contribution in [2.45, 2.75) is 18.9 Å². The number of rotatable bonds is 5. The van der Waals surface area contributed by atoms with Crippen molar-refractivity contribution in [3.63, 3.8) is 0 Å². The molecule has 0 aromatic heterocycles. The van der Waals surface area contributed by atoms with E-state index in [1.807, 2.05) is 0 Å². The summed E-state index contributed by atoms with van der Waals surface area (Å²) in [6, 6.07) is -0.0455. The molecule has 1 saturated heterocycles. The summed E-state index contributed by atoms with van der Waals surface area (Å²) in [5.41, 5.74) is 5.85. The monoisotopic (exact) mass is 285 g/mol. The number of hydrogen-bond donors (Lipinski definition) is 2. The second-order valence-corrected chi connectivity index (χ2v) is 6.12. The van der Waals surface area contributed by atoms with E-state index < -0.39 is 10.2 Å². The van der Waals surface area contributed by atoms with E-state index in [1.54, 1.807) is 0 Å². The second-order valence-electron chi connectivity index (χ2n) is 4.37. The lowest BCUT2D eigenvalue weighted by atomic mass is 10.2. The normalized spacial score (nSPS) is 24.1. The summed E-state index contributed by atoms with van der Waals surface area (Å²) in [6.45, 7) is 2.12. The van der Waals surface area contributed by atoms with Crippen LogP contribution in [0.1, 0.15) is 12.8 Å². The number of morpholine rings is 1. The Morgan fingerprint density at radius 3 is 2.47 bits per heavy atom. The first-order valence-corrected chi connectivity index (χ1v) is 7.11. The summed E-state index contributed by atoms with van der Waals surface area (Å²) in [7, 11) is -3.36. The molecule has 1 unspecified atom stereocenters. The summed E-state index contributed by atoms with van der Waals surface area (Å²) in [4.78, 5) is 0. The van der Waals surface area contributed by atoms with Gasteiger partial charge in [0, 0.05) is 25.7 Å². The van der Waals surface area contributed by atoms with Crippen LogP contribution in [0, 0.1) is 5.92 Å². The van der Waals surface area contributed by atoms with Crippen LogP contribution in [-0.4, -0.2) is 51.6 Å². The van der Waals surface area contributed by atoms with Crippen molar-refractivity contribution >= 4 is 22.6 Å². The molecule has 8 heteroatoms. The van der Waals surface area contributed by atoms with Gasteiger partial charge >= 0.3 is 0 Å². The van der Waals surface area contributed by atoms with Crippen LogP contribution in [0.25, 0.3) is 0 Å². The molecule has 6 nitrogen and oxygen atoms in total. The molecule has 1 saturated carbocycles. The number of nitrogens with two attached hydrogens (primary N) is 1. The van der Waals surface area contributed by atoms with Crippen LogP contribution in [0.15, 0.2) is 0 Å². The van der Waals surface area contributed by atoms with Gasteiger partial charge in [-0.25, -0.2) is 4.72 Å². The first-order valence-electron chi connectivity index (χ1n) is 5.67. The molecule has 2 rings (SSSR count). The van der Waals surface area contributed by atoms with E-state index in [0.717, 1.165) is 12.8 Å². The number of halogens is 1. The Bertz CT molecular complexity index is 328. The predicted molar refractivity (Wildman–Crippen MR) is 67.3 cm³/mol. The van der Waals surface area contributed by atoms with Crippen molar-refractivity contribution in [3.05, 3.63) is 0 Å². The van der Waals surface area contributed by atoms with Crippen LogP contribution in [0.4, 0.5) is 0 Å². The summed E-state index contributed by atoms with van der Waals surface area (Å²) < 4.78 is 32.8. The highest BCUT2D eigenvalue weighted by Gasteiger charge is 2.30. The minimum Gasteiger partial charge on any atom is -0.379 e. The topological polar surface area (TPSA) is 84.7 Å². The van der Waals surface area contributed by atoms with Gasteiger partial charge in [-0.3, -0.25) is 0 Å². The third kappa shape index (κ3) is 4.35. The fourth-order valence-electron chi connectivity index (χ4n) is 1.77. The number of ether oxygens (including phenoxy) is 1. The lowest BCUT2D eigenvalue weighted by molar-refractivity contribution is 0.0724. The van der Waals surface area contributed by atoms with Gasteiger partial charge in [-0.2, -0.15) is 12.7 Å². The van der Waals surface area contributed by atoms with Gasteiger partial charge in [0.15, 0.2) is 0 Å². The van der Waals surface area contributed by atoms with Gasteiger partial charge in [0.1, 0.15) is 0 Å². The van der Waals surface area contributed by atoms with E-state index in [9.17, 15) is 8.42 Å². The predicted octanol–water partition coefficient (Wildman–Crippen LogP) is -0.688. The third-order valence-electron chi connectivity index (χ3n) is 3.04. The smallest absolute Gasteiger partial charge is 0.279 e. The number of hydrogen-bond acceptors (Lipinski definition) is 4. The van der Waals surface area contributed by atoms with Crippen LogP contribution in [-0.2, 0) is 14.9 Å². The van der Waals surface area contributed by atoms with E-state index >= 15 is 0 Å². The molecule has 17 heavy (non-hydrogen) atoms. The zero-order chi connectivity index (χ0) is 11.6. The highest BCUT2D eigenvalue weighted by atomic mass is 35.5. The van der Waals surface area contributed by atoms with Gasteiger partial charge in [-0.1, -0.05) is 0 Å². The third-order valence-corrected chi connectivity index (χ3v) is 4.62. The van der Waals surface area contributed by atoms with Gasteiger partial charge in [0.2, 0.25) is 0 Å². The van der Waals surface area contributed by atoms with Gasteiger partial charge in [0.25, 0.3) is 10.2 Å². The SMILES string of the molecule is Cl.NC(CNS(=O)(=O)N1CCOCC1)C1CC1. The molecule has 3 N–H and O–H groups in total. The average Bonchev–Trinajstić information content (AvgIpc) is 3.11. The van der Waals surface area contributed by atoms with Crippen molar-refractivity contribution in [2.24, 2.45) is 11.7 Å². The lowest BCUT2D eigenvalue weighted by Gasteiger charge is -2.26. The van der Waals surface area contributed by atoms with Crippen molar-refractivity contribution in [1.29, 1.82) is 0 Å². The fraction of sp³-hybridized carbons (Fsp3) is 1.00. The largest absolute Gasteiger partial charge is 0.379 e. The van der Waals surface area contributed by atoms with E-state index in [4.69, 9.17) is 10.5 Å². The van der Waals surface area contributed by atoms with Crippen molar-refractivity contribution in [3.8, 4) is 0 Å². The minimum atomic E-state index is -3.36. The first-order chi connectivity index (χ1) is 7.59. The van der Waals surface area contributed by atoms with Gasteiger partial charge in [-0.15, -0.1) is 12.4 Å². The Hall–Kier alpha value is 0.0800. The molecule has 1 atom stereocenters. The summed E-state index contributed by atoms with van der Waals surface area (Å²) >= 11 is 0. The van der Waals surface area contributed by atoms with E-state index in [-0.39, 0.29) is 18.4 Å². The zero-order valence-corrected chi connectivity index (χ0v) is 11.3. The van der Waals surface area contributed by atoms with Crippen molar-refractivity contribution in [2.75, 3.05) is 32.8 Å². The molecule has 1 aliphatic heterocycles. The maximum atomic E-state index is 11.8. The zero-order valence-electron chi connectivity index (χ0n) is 9.67. The molecule has 1 aliphatic carbocycles. The molecule has 0 spiro atoms. The molecule has 1 heterocycles. The van der Waals surface area contributed by atoms with E-state index in [1.165, 1.54) is 4.31 Å². The molecule has 0 amide bonds. The molecule has 102 valence electrons. The van der Waals surface area contributed by atoms with Crippen LogP contribution in [0.3, 0.4) is 0 Å². The molecule has 0 radical (unpaired) electrons. The highest BCUT2D eigenvalue weighted by molar-refractivity contribution is 7.87. The molecule has 0 bridgehead atoms. The first kappa shape index (κ1) is 15.1. The number of nitrogens with zero attached hydrogens (tertiary/aromatic N) is 1. The van der Waals surface area contributed by atoms with Crippen molar-refractivity contribution < 1.29 is 13.2 Å². The van der Waals surface area contributed by atoms with E-state index in [0.29, 0.717) is 38.8 Å². The maximum Gasteiger partial charge on any atom is 0.279 e. The second kappa shape index (κ2) is 6.31. The van der Waals surface area contributed by atoms with Crippen LogP contribution in [0.2, 0.25) is 0 Å². The van der Waals surface area contributed by atoms with Gasteiger partial charge < -0.3 is 10.5 Å². The van der Waals surface area contributed by atoms with Gasteiger partial charge in [0.05, 0.1) is 13.2 Å². The van der Waals surface area contributed by atoms with E-state index in [2.05, 4.69) is 4.72 Å². The van der Waals surface area contributed by atoms with Crippen LogP contribution >= 0.6 is 12.4 Å². The van der Waals surface area contributed by atoms with Crippen LogP contribution in [0.5, 0.6) is 0 Å². The maximum absolute atomic E-state index is 11.8. The molecular formula is C9H20ClN3O3S. The standard InChI is InChI=1S/C9H19N3O3S.ClH/c10-9(8-1-2-8)7-11-16(13,14)12-3-5-15-6-4-12;/h8-9,11H,1-7,10H2;1H. The summed E-state index contributed by atoms with van der Waals surface area (Å²) in [6.07, 6.45) is 2.25. The molecule has 2 fully saturated rings. The quantitative estimate of drug-likeness (QED) is 0.700. The average molecular weight is 286 g/mol. The number of nitrogens with one attached hydrogen (secondary N) is 1. The molecule has 2 aliphatic rings. The minimum absolute atomic E-state index is 0. The highest BCUT2D eigenvalue weighted by Crippen LogP contribution is 2.31. The summed E-state index contributed by atoms with van der Waals surface area (Å²) in [5.74, 6) is 0.507. The van der Waals surface area contributed by atoms with Gasteiger partial charge in [-0.05, 0) is 18.8 Å². The van der Waals surface area contributed by atoms with Crippen molar-refractivity contribution in [1.82, 2.24) is 9.03 Å². The Labute approximate surface area is 108 Å². The Morgan fingerprint density at radius 1 is 1.35 bits per heavy atom. The van der Waals surface area contributed by atoms with Crippen LogP contribution < -0.4 is 10.5 Å². The Balaban J connectivity index is 0.00000144. The molecule has 0 aromatic carbocycles. The Morgan fingerprint density at radius 2 is 1.94 bits per heavy atom. The fourth-order valence-corrected chi connectivity index (χ4v) is 2.99. The Kier molecular flexibility index (Phi) is 5.62. The summed E-state index contributed by atoms with van der Waals surface area (Å²) in [5, 5.41) is 0. The lowest BCUT2D eigenvalue weighted by Crippen LogP contribution is -2.49. The molecular weight excluding hydrogens is 266 g/mol.